The average Bonchev–Trinajstić information content (AvgIpc) is 2.62. The second-order valence-electron chi connectivity index (χ2n) is 8.51. The molecule has 0 radical (unpaired) electrons. The predicted molar refractivity (Wildman–Crippen MR) is 98.6 cm³/mol. The lowest BCUT2D eigenvalue weighted by atomic mass is 9.79. The highest BCUT2D eigenvalue weighted by molar-refractivity contribution is 5.80. The fourth-order valence-electron chi connectivity index (χ4n) is 4.54. The van der Waals surface area contributed by atoms with Gasteiger partial charge >= 0.3 is 0 Å². The van der Waals surface area contributed by atoms with Gasteiger partial charge in [-0.25, -0.2) is 8.78 Å². The summed E-state index contributed by atoms with van der Waals surface area (Å²) < 4.78 is 32.3. The van der Waals surface area contributed by atoms with Crippen LogP contribution in [-0.4, -0.2) is 60.0 Å². The van der Waals surface area contributed by atoms with Gasteiger partial charge in [-0.3, -0.25) is 9.69 Å². The lowest BCUT2D eigenvalue weighted by molar-refractivity contribution is -0.169. The lowest BCUT2D eigenvalue weighted by Crippen LogP contribution is -2.58. The maximum absolute atomic E-state index is 13.0. The summed E-state index contributed by atoms with van der Waals surface area (Å²) in [6.07, 6.45) is 1.00. The van der Waals surface area contributed by atoms with E-state index in [4.69, 9.17) is 4.74 Å². The molecule has 4 rings (SSSR count). The van der Waals surface area contributed by atoms with Crippen molar-refractivity contribution in [3.05, 3.63) is 35.4 Å². The van der Waals surface area contributed by atoms with Crippen molar-refractivity contribution < 1.29 is 18.3 Å². The number of carbonyl (C=O) groups excluding carboxylic acids is 1. The predicted octanol–water partition coefficient (Wildman–Crippen LogP) is 3.23. The van der Waals surface area contributed by atoms with E-state index < -0.39 is 11.8 Å². The molecule has 3 aliphatic rings. The molecule has 27 heavy (non-hydrogen) atoms. The Hall–Kier alpha value is -1.53. The summed E-state index contributed by atoms with van der Waals surface area (Å²) in [7, 11) is 0. The van der Waals surface area contributed by atoms with E-state index >= 15 is 0 Å². The van der Waals surface area contributed by atoms with E-state index in [1.807, 2.05) is 0 Å². The number of likely N-dealkylation sites (tertiary alicyclic amines) is 1. The van der Waals surface area contributed by atoms with Crippen LogP contribution in [0.1, 0.15) is 36.8 Å². The maximum atomic E-state index is 13.0. The molecule has 6 heteroatoms. The Balaban J connectivity index is 1.30. The Labute approximate surface area is 159 Å². The van der Waals surface area contributed by atoms with E-state index in [9.17, 15) is 13.6 Å². The number of aryl methyl sites for hydroxylation is 1. The number of hydrogen-bond donors (Lipinski definition) is 0. The van der Waals surface area contributed by atoms with Crippen LogP contribution in [0.2, 0.25) is 0 Å². The van der Waals surface area contributed by atoms with Crippen molar-refractivity contribution in [3.63, 3.8) is 0 Å². The van der Waals surface area contributed by atoms with Crippen molar-refractivity contribution in [1.82, 2.24) is 9.80 Å². The molecule has 1 amide bonds. The van der Waals surface area contributed by atoms with Crippen LogP contribution in [0.15, 0.2) is 24.3 Å². The van der Waals surface area contributed by atoms with E-state index in [0.29, 0.717) is 19.7 Å². The molecule has 3 fully saturated rings. The number of amides is 1. The smallest absolute Gasteiger partial charge is 0.249 e. The van der Waals surface area contributed by atoms with Crippen molar-refractivity contribution in [2.75, 3.05) is 32.8 Å². The van der Waals surface area contributed by atoms with Gasteiger partial charge in [0, 0.05) is 51.5 Å². The highest BCUT2D eigenvalue weighted by Crippen LogP contribution is 2.43. The van der Waals surface area contributed by atoms with Crippen molar-refractivity contribution >= 4 is 5.91 Å². The Morgan fingerprint density at radius 3 is 2.44 bits per heavy atom. The third-order valence-corrected chi connectivity index (χ3v) is 6.28. The molecule has 0 aromatic heterocycles. The molecular formula is C21H28F2N2O2. The number of hydrogen-bond acceptors (Lipinski definition) is 3. The highest BCUT2D eigenvalue weighted by Gasteiger charge is 2.50. The monoisotopic (exact) mass is 378 g/mol. The minimum Gasteiger partial charge on any atom is -0.372 e. The summed E-state index contributed by atoms with van der Waals surface area (Å²) in [5, 5.41) is 0. The van der Waals surface area contributed by atoms with Gasteiger partial charge in [-0.1, -0.05) is 29.8 Å². The molecule has 0 N–H and O–H groups in total. The fourth-order valence-corrected chi connectivity index (χ4v) is 4.54. The largest absolute Gasteiger partial charge is 0.372 e. The van der Waals surface area contributed by atoms with Gasteiger partial charge in [-0.2, -0.15) is 0 Å². The molecule has 2 saturated heterocycles. The van der Waals surface area contributed by atoms with Crippen molar-refractivity contribution in [1.29, 1.82) is 0 Å². The topological polar surface area (TPSA) is 32.8 Å². The van der Waals surface area contributed by atoms with E-state index in [0.717, 1.165) is 32.5 Å². The normalized spacial score (nSPS) is 25.4. The summed E-state index contributed by atoms with van der Waals surface area (Å²) in [5.41, 5.74) is 2.36. The molecule has 2 heterocycles. The van der Waals surface area contributed by atoms with Crippen LogP contribution in [0.3, 0.4) is 0 Å². The summed E-state index contributed by atoms with van der Waals surface area (Å²) in [6.45, 7) is 6.70. The van der Waals surface area contributed by atoms with E-state index in [1.165, 1.54) is 11.1 Å². The molecular weight excluding hydrogens is 350 g/mol. The Kier molecular flexibility index (Phi) is 4.97. The highest BCUT2D eigenvalue weighted by atomic mass is 19.3. The fraction of sp³-hybridized carbons (Fsp3) is 0.667. The molecule has 1 spiro atoms. The van der Waals surface area contributed by atoms with Gasteiger partial charge in [0.1, 0.15) is 0 Å². The number of ether oxygens (including phenoxy) is 1. The number of nitrogens with zero attached hydrogens (tertiary/aromatic N) is 2. The third-order valence-electron chi connectivity index (χ3n) is 6.28. The van der Waals surface area contributed by atoms with Gasteiger partial charge in [-0.05, 0) is 25.3 Å². The number of alkyl halides is 2. The minimum absolute atomic E-state index is 0.0944. The van der Waals surface area contributed by atoms with Crippen LogP contribution in [0.25, 0.3) is 0 Å². The molecule has 0 bridgehead atoms. The van der Waals surface area contributed by atoms with Gasteiger partial charge in [0.15, 0.2) is 0 Å². The van der Waals surface area contributed by atoms with Crippen LogP contribution in [0.5, 0.6) is 0 Å². The van der Waals surface area contributed by atoms with Crippen LogP contribution in [0, 0.1) is 12.8 Å². The van der Waals surface area contributed by atoms with Crippen LogP contribution in [0.4, 0.5) is 8.78 Å². The number of carbonyl (C=O) groups is 1. The summed E-state index contributed by atoms with van der Waals surface area (Å²) in [6, 6.07) is 8.62. The number of piperidine rings is 1. The molecule has 0 atom stereocenters. The van der Waals surface area contributed by atoms with Crippen molar-refractivity contribution in [2.24, 2.45) is 5.92 Å². The Morgan fingerprint density at radius 1 is 1.15 bits per heavy atom. The minimum atomic E-state index is -2.64. The molecule has 148 valence electrons. The Morgan fingerprint density at radius 2 is 1.81 bits per heavy atom. The second-order valence-corrected chi connectivity index (χ2v) is 8.51. The summed E-state index contributed by atoms with van der Waals surface area (Å²) >= 11 is 0. The summed E-state index contributed by atoms with van der Waals surface area (Å²) in [5.74, 6) is -3.22. The number of benzene rings is 1. The van der Waals surface area contributed by atoms with Crippen LogP contribution >= 0.6 is 0 Å². The van der Waals surface area contributed by atoms with Gasteiger partial charge in [-0.15, -0.1) is 0 Å². The molecule has 1 aromatic rings. The number of morpholine rings is 1. The average molecular weight is 378 g/mol. The third kappa shape index (κ3) is 4.16. The first-order valence-electron chi connectivity index (χ1n) is 9.93. The number of halogens is 2. The van der Waals surface area contributed by atoms with Gasteiger partial charge in [0.25, 0.3) is 0 Å². The first kappa shape index (κ1) is 18.8. The molecule has 1 aromatic carbocycles. The molecule has 0 unspecified atom stereocenters. The zero-order chi connectivity index (χ0) is 19.1. The quantitative estimate of drug-likeness (QED) is 0.810. The standard InChI is InChI=1S/C21H28F2N2O2/c1-16-2-4-17(5-3-16)14-24-10-11-27-20(15-24)6-8-25(9-7-20)19(26)18-12-21(22,23)13-18/h2-5,18H,6-15H2,1H3. The van der Waals surface area contributed by atoms with Crippen molar-refractivity contribution in [3.8, 4) is 0 Å². The Bertz CT molecular complexity index is 676. The van der Waals surface area contributed by atoms with Crippen molar-refractivity contribution in [2.45, 2.75) is 50.7 Å². The second kappa shape index (κ2) is 7.13. The molecule has 1 saturated carbocycles. The van der Waals surface area contributed by atoms with Gasteiger partial charge < -0.3 is 9.64 Å². The zero-order valence-electron chi connectivity index (χ0n) is 15.9. The molecule has 2 aliphatic heterocycles. The molecule has 4 nitrogen and oxygen atoms in total. The molecule has 1 aliphatic carbocycles. The number of rotatable bonds is 3. The van der Waals surface area contributed by atoms with E-state index in [-0.39, 0.29) is 24.3 Å². The van der Waals surface area contributed by atoms with E-state index in [1.54, 1.807) is 4.90 Å². The summed E-state index contributed by atoms with van der Waals surface area (Å²) in [4.78, 5) is 16.6. The SMILES string of the molecule is Cc1ccc(CN2CCOC3(CCN(C(=O)C4CC(F)(F)C4)CC3)C2)cc1. The first-order chi connectivity index (χ1) is 12.8. The van der Waals surface area contributed by atoms with Crippen LogP contribution in [-0.2, 0) is 16.1 Å². The van der Waals surface area contributed by atoms with Gasteiger partial charge in [0.2, 0.25) is 11.8 Å². The first-order valence-corrected chi connectivity index (χ1v) is 9.93. The van der Waals surface area contributed by atoms with Gasteiger partial charge in [0.05, 0.1) is 12.2 Å². The zero-order valence-corrected chi connectivity index (χ0v) is 15.9. The lowest BCUT2D eigenvalue weighted by Gasteiger charge is -2.48. The van der Waals surface area contributed by atoms with E-state index in [2.05, 4.69) is 36.1 Å². The van der Waals surface area contributed by atoms with Crippen LogP contribution < -0.4 is 0 Å². The maximum Gasteiger partial charge on any atom is 0.249 e.